The number of carbonyl (C=O) groups is 3. The van der Waals surface area contributed by atoms with Gasteiger partial charge in [-0.15, -0.1) is 0 Å². The molecule has 27 heavy (non-hydrogen) atoms. The molecule has 1 heterocycles. The van der Waals surface area contributed by atoms with Crippen molar-refractivity contribution in [2.75, 3.05) is 30.0 Å². The van der Waals surface area contributed by atoms with Gasteiger partial charge in [-0.25, -0.2) is 0 Å². The molecule has 0 spiro atoms. The summed E-state index contributed by atoms with van der Waals surface area (Å²) in [5, 5.41) is 14.0. The van der Waals surface area contributed by atoms with Crippen LogP contribution < -0.4 is 16.0 Å². The van der Waals surface area contributed by atoms with Gasteiger partial charge in [-0.3, -0.25) is 30.2 Å². The number of rotatable bonds is 5. The molecular weight excluding hydrogens is 356 g/mol. The maximum Gasteiger partial charge on any atom is 0.295 e. The van der Waals surface area contributed by atoms with Crippen LogP contribution in [0, 0.1) is 15.5 Å². The molecule has 1 saturated carbocycles. The zero-order valence-electron chi connectivity index (χ0n) is 14.5. The van der Waals surface area contributed by atoms with E-state index in [1.807, 2.05) is 0 Å². The van der Waals surface area contributed by atoms with Crippen LogP contribution >= 0.6 is 0 Å². The summed E-state index contributed by atoms with van der Waals surface area (Å²) in [6, 6.07) is 3.99. The van der Waals surface area contributed by atoms with E-state index in [-0.39, 0.29) is 42.7 Å². The van der Waals surface area contributed by atoms with Gasteiger partial charge in [-0.2, -0.15) is 0 Å². The standard InChI is InChI=1S/C17H19N4O6/c18-15(23)17(5-1-2-6-17)16(24)19-11-3-4-12(13(9-11)21(25)26)20-7-8-27-10-14(20)22/h3-4,9,18H,1-2,5-8,10H2,(H,19,24). The monoisotopic (exact) mass is 375 g/mol. The van der Waals surface area contributed by atoms with Crippen LogP contribution in [-0.2, 0) is 19.1 Å². The number of ether oxygens (including phenoxy) is 1. The summed E-state index contributed by atoms with van der Waals surface area (Å²) in [6.07, 6.45) is 1.94. The second kappa shape index (κ2) is 7.31. The molecule has 1 aromatic carbocycles. The number of hydrogen-bond donors (Lipinski definition) is 1. The third kappa shape index (κ3) is 3.47. The fraction of sp³-hybridized carbons (Fsp3) is 0.471. The van der Waals surface area contributed by atoms with Crippen molar-refractivity contribution in [1.29, 1.82) is 0 Å². The SMILES string of the molecule is [NH]C(=O)C1(C(=O)Nc2ccc(N3CCOCC3=O)c([N+](=O)[O-])c2)CCCC1. The van der Waals surface area contributed by atoms with Crippen molar-refractivity contribution in [2.45, 2.75) is 25.7 Å². The molecular formula is C17H19N4O6. The Morgan fingerprint density at radius 3 is 2.59 bits per heavy atom. The van der Waals surface area contributed by atoms with Gasteiger partial charge in [0.05, 0.1) is 11.5 Å². The van der Waals surface area contributed by atoms with E-state index in [9.17, 15) is 24.5 Å². The van der Waals surface area contributed by atoms with Gasteiger partial charge < -0.3 is 15.0 Å². The Morgan fingerprint density at radius 2 is 2.00 bits per heavy atom. The number of amides is 3. The molecule has 2 fully saturated rings. The molecule has 0 bridgehead atoms. The Kier molecular flexibility index (Phi) is 5.08. The van der Waals surface area contributed by atoms with E-state index in [1.165, 1.54) is 17.0 Å². The molecule has 0 aromatic heterocycles. The predicted octanol–water partition coefficient (Wildman–Crippen LogP) is 1.27. The largest absolute Gasteiger partial charge is 0.370 e. The van der Waals surface area contributed by atoms with Gasteiger partial charge >= 0.3 is 0 Å². The first-order valence-corrected chi connectivity index (χ1v) is 8.59. The summed E-state index contributed by atoms with van der Waals surface area (Å²) in [6.45, 7) is 0.321. The second-order valence-electron chi connectivity index (χ2n) is 6.63. The van der Waals surface area contributed by atoms with Crippen LogP contribution in [0.3, 0.4) is 0 Å². The van der Waals surface area contributed by atoms with Gasteiger partial charge in [0.2, 0.25) is 5.91 Å². The summed E-state index contributed by atoms with van der Waals surface area (Å²) in [7, 11) is 0. The zero-order chi connectivity index (χ0) is 19.6. The number of hydrogen-bond acceptors (Lipinski definition) is 6. The highest BCUT2D eigenvalue weighted by molar-refractivity contribution is 6.10. The maximum atomic E-state index is 12.6. The Balaban J connectivity index is 1.88. The summed E-state index contributed by atoms with van der Waals surface area (Å²) in [5.74, 6) is -1.95. The van der Waals surface area contributed by atoms with Crippen molar-refractivity contribution in [3.05, 3.63) is 28.3 Å². The number of nitro groups is 1. The van der Waals surface area contributed by atoms with E-state index in [1.54, 1.807) is 0 Å². The molecule has 2 N–H and O–H groups in total. The van der Waals surface area contributed by atoms with Crippen LogP contribution in [0.2, 0.25) is 0 Å². The van der Waals surface area contributed by atoms with E-state index in [2.05, 4.69) is 5.32 Å². The molecule has 1 radical (unpaired) electrons. The number of nitrogens with one attached hydrogen (secondary N) is 2. The predicted molar refractivity (Wildman–Crippen MR) is 93.9 cm³/mol. The van der Waals surface area contributed by atoms with E-state index in [4.69, 9.17) is 10.5 Å². The van der Waals surface area contributed by atoms with Crippen molar-refractivity contribution in [3.63, 3.8) is 0 Å². The van der Waals surface area contributed by atoms with Crippen molar-refractivity contribution < 1.29 is 24.0 Å². The Hall–Kier alpha value is -3.01. The highest BCUT2D eigenvalue weighted by Gasteiger charge is 2.47. The minimum Gasteiger partial charge on any atom is -0.370 e. The summed E-state index contributed by atoms with van der Waals surface area (Å²) < 4.78 is 5.03. The second-order valence-corrected chi connectivity index (χ2v) is 6.63. The van der Waals surface area contributed by atoms with Crippen molar-refractivity contribution in [2.24, 2.45) is 5.41 Å². The van der Waals surface area contributed by atoms with E-state index in [0.717, 1.165) is 6.07 Å². The van der Waals surface area contributed by atoms with Gasteiger partial charge in [0.15, 0.2) is 0 Å². The molecule has 1 aliphatic heterocycles. The van der Waals surface area contributed by atoms with Gasteiger partial charge in [0.25, 0.3) is 17.5 Å². The first-order valence-electron chi connectivity index (χ1n) is 8.59. The number of nitro benzene ring substituents is 1. The topological polar surface area (TPSA) is 143 Å². The molecule has 1 aromatic rings. The van der Waals surface area contributed by atoms with Gasteiger partial charge in [0, 0.05) is 18.3 Å². The molecule has 1 aliphatic carbocycles. The molecule has 2 aliphatic rings. The Morgan fingerprint density at radius 1 is 1.30 bits per heavy atom. The Bertz CT molecular complexity index is 803. The molecule has 0 atom stereocenters. The summed E-state index contributed by atoms with van der Waals surface area (Å²) >= 11 is 0. The lowest BCUT2D eigenvalue weighted by Crippen LogP contribution is -2.42. The van der Waals surface area contributed by atoms with E-state index >= 15 is 0 Å². The maximum absolute atomic E-state index is 12.6. The minimum absolute atomic E-state index is 0.124. The van der Waals surface area contributed by atoms with Crippen LogP contribution in [0.5, 0.6) is 0 Å². The average molecular weight is 375 g/mol. The molecule has 1 saturated heterocycles. The van der Waals surface area contributed by atoms with Crippen LogP contribution in [0.4, 0.5) is 17.1 Å². The van der Waals surface area contributed by atoms with Crippen LogP contribution in [0.15, 0.2) is 18.2 Å². The van der Waals surface area contributed by atoms with Crippen molar-refractivity contribution in [3.8, 4) is 0 Å². The third-order valence-corrected chi connectivity index (χ3v) is 5.03. The third-order valence-electron chi connectivity index (χ3n) is 5.03. The van der Waals surface area contributed by atoms with Gasteiger partial charge in [0.1, 0.15) is 17.7 Å². The molecule has 3 amide bonds. The average Bonchev–Trinajstić information content (AvgIpc) is 3.13. The van der Waals surface area contributed by atoms with Gasteiger partial charge in [-0.05, 0) is 25.0 Å². The molecule has 143 valence electrons. The summed E-state index contributed by atoms with van der Waals surface area (Å²) in [4.78, 5) is 48.4. The number of nitrogens with zero attached hydrogens (tertiary/aromatic N) is 2. The first-order chi connectivity index (χ1) is 12.8. The number of morpholine rings is 1. The van der Waals surface area contributed by atoms with Crippen molar-refractivity contribution >= 4 is 34.8 Å². The van der Waals surface area contributed by atoms with E-state index in [0.29, 0.717) is 25.7 Å². The lowest BCUT2D eigenvalue weighted by atomic mass is 9.84. The first kappa shape index (κ1) is 18.8. The number of benzene rings is 1. The lowest BCUT2D eigenvalue weighted by molar-refractivity contribution is -0.384. The lowest BCUT2D eigenvalue weighted by Gasteiger charge is -2.27. The molecule has 10 nitrogen and oxygen atoms in total. The molecule has 0 unspecified atom stereocenters. The minimum atomic E-state index is -1.40. The van der Waals surface area contributed by atoms with Gasteiger partial charge in [-0.1, -0.05) is 12.8 Å². The summed E-state index contributed by atoms with van der Waals surface area (Å²) in [5.41, 5.74) is 5.99. The normalized spacial score (nSPS) is 19.0. The molecule has 3 rings (SSSR count). The highest BCUT2D eigenvalue weighted by atomic mass is 16.6. The number of anilines is 2. The van der Waals surface area contributed by atoms with Crippen LogP contribution in [0.25, 0.3) is 0 Å². The van der Waals surface area contributed by atoms with Crippen molar-refractivity contribution in [1.82, 2.24) is 5.73 Å². The Labute approximate surface area is 154 Å². The fourth-order valence-electron chi connectivity index (χ4n) is 3.53. The quantitative estimate of drug-likeness (QED) is 0.466. The number of carbonyl (C=O) groups excluding carboxylic acids is 3. The van der Waals surface area contributed by atoms with Crippen LogP contribution in [0.1, 0.15) is 25.7 Å². The zero-order valence-corrected chi connectivity index (χ0v) is 14.5. The molecule has 10 heteroatoms. The fourth-order valence-corrected chi connectivity index (χ4v) is 3.53. The highest BCUT2D eigenvalue weighted by Crippen LogP contribution is 2.40. The van der Waals surface area contributed by atoms with E-state index < -0.39 is 22.2 Å². The smallest absolute Gasteiger partial charge is 0.295 e. The van der Waals surface area contributed by atoms with Crippen LogP contribution in [-0.4, -0.2) is 42.4 Å².